The fourth-order valence-corrected chi connectivity index (χ4v) is 2.53. The molecule has 1 atom stereocenters. The molecule has 0 fully saturated rings. The molecule has 1 N–H and O–H groups in total. The Bertz CT molecular complexity index is 767. The number of hydrogen-bond donors (Lipinski definition) is 1. The molecule has 2 rings (SSSR count). The highest BCUT2D eigenvalue weighted by Gasteiger charge is 2.27. The standard InChI is InChI=1S/C17H23N3O4/c1-6-10(4)20(8-14(21)22)17(23)12-7-13(9(2)3)18-16-15(12)11(5)19-24-16/h7,9-10H,6,8H2,1-5H3,(H,21,22). The van der Waals surface area contributed by atoms with Crippen molar-refractivity contribution < 1.29 is 19.2 Å². The SMILES string of the molecule is CCC(C)N(CC(=O)O)C(=O)c1cc(C(C)C)nc2onc(C)c12. The number of fused-ring (bicyclic) bond motifs is 1. The first-order chi connectivity index (χ1) is 11.3. The second-order valence-corrected chi connectivity index (χ2v) is 6.28. The Kier molecular flexibility index (Phi) is 5.21. The fourth-order valence-electron chi connectivity index (χ4n) is 2.53. The summed E-state index contributed by atoms with van der Waals surface area (Å²) >= 11 is 0. The first kappa shape index (κ1) is 17.9. The van der Waals surface area contributed by atoms with Crippen molar-refractivity contribution in [2.75, 3.05) is 6.54 Å². The van der Waals surface area contributed by atoms with Gasteiger partial charge < -0.3 is 14.5 Å². The Morgan fingerprint density at radius 1 is 1.33 bits per heavy atom. The van der Waals surface area contributed by atoms with E-state index in [1.54, 1.807) is 13.0 Å². The Hall–Kier alpha value is -2.44. The van der Waals surface area contributed by atoms with Gasteiger partial charge in [-0.2, -0.15) is 0 Å². The van der Waals surface area contributed by atoms with Gasteiger partial charge in [-0.1, -0.05) is 25.9 Å². The van der Waals surface area contributed by atoms with Gasteiger partial charge in [0.25, 0.3) is 11.6 Å². The number of carboxylic acids is 1. The Morgan fingerprint density at radius 2 is 2.00 bits per heavy atom. The van der Waals surface area contributed by atoms with Crippen molar-refractivity contribution in [2.45, 2.75) is 53.0 Å². The number of carboxylic acid groups (broad SMARTS) is 1. The lowest BCUT2D eigenvalue weighted by molar-refractivity contribution is -0.138. The molecule has 0 aliphatic carbocycles. The van der Waals surface area contributed by atoms with E-state index in [0.717, 1.165) is 0 Å². The minimum atomic E-state index is -1.04. The van der Waals surface area contributed by atoms with Crippen LogP contribution in [0.5, 0.6) is 0 Å². The molecule has 2 aromatic heterocycles. The molecule has 0 aliphatic rings. The number of carbonyl (C=O) groups is 2. The molecule has 1 amide bonds. The number of carbonyl (C=O) groups excluding carboxylic acids is 1. The largest absolute Gasteiger partial charge is 0.480 e. The Balaban J connectivity index is 2.61. The van der Waals surface area contributed by atoms with Crippen molar-refractivity contribution in [3.05, 3.63) is 23.0 Å². The summed E-state index contributed by atoms with van der Waals surface area (Å²) in [4.78, 5) is 30.0. The van der Waals surface area contributed by atoms with Crippen LogP contribution < -0.4 is 0 Å². The molecule has 7 nitrogen and oxygen atoms in total. The van der Waals surface area contributed by atoms with E-state index in [4.69, 9.17) is 9.63 Å². The fraction of sp³-hybridized carbons (Fsp3) is 0.529. The smallest absolute Gasteiger partial charge is 0.323 e. The van der Waals surface area contributed by atoms with Gasteiger partial charge in [0.2, 0.25) is 0 Å². The van der Waals surface area contributed by atoms with E-state index in [9.17, 15) is 9.59 Å². The van der Waals surface area contributed by atoms with E-state index < -0.39 is 5.97 Å². The Labute approximate surface area is 140 Å². The van der Waals surface area contributed by atoms with Crippen LogP contribution in [0.4, 0.5) is 0 Å². The summed E-state index contributed by atoms with van der Waals surface area (Å²) in [6, 6.07) is 1.52. The van der Waals surface area contributed by atoms with Gasteiger partial charge in [0, 0.05) is 11.7 Å². The van der Waals surface area contributed by atoms with Crippen molar-refractivity contribution in [2.24, 2.45) is 0 Å². The molecule has 0 aromatic carbocycles. The maximum absolute atomic E-state index is 13.1. The number of aliphatic carboxylic acids is 1. The zero-order valence-electron chi connectivity index (χ0n) is 14.7. The minimum absolute atomic E-state index is 0.0999. The number of aromatic nitrogens is 2. The maximum atomic E-state index is 13.1. The molecule has 130 valence electrons. The monoisotopic (exact) mass is 333 g/mol. The highest BCUT2D eigenvalue weighted by molar-refractivity contribution is 6.06. The van der Waals surface area contributed by atoms with E-state index in [2.05, 4.69) is 10.1 Å². The third kappa shape index (κ3) is 3.39. The molecular formula is C17H23N3O4. The van der Waals surface area contributed by atoms with Crippen LogP contribution in [-0.2, 0) is 4.79 Å². The molecule has 0 saturated carbocycles. The quantitative estimate of drug-likeness (QED) is 0.873. The summed E-state index contributed by atoms with van der Waals surface area (Å²) in [6.07, 6.45) is 0.660. The van der Waals surface area contributed by atoms with Crippen LogP contribution in [0.2, 0.25) is 0 Å². The van der Waals surface area contributed by atoms with Gasteiger partial charge in [-0.3, -0.25) is 9.59 Å². The second-order valence-electron chi connectivity index (χ2n) is 6.28. The molecule has 0 saturated heterocycles. The average molecular weight is 333 g/mol. The van der Waals surface area contributed by atoms with E-state index >= 15 is 0 Å². The first-order valence-electron chi connectivity index (χ1n) is 8.05. The number of nitrogens with zero attached hydrogens (tertiary/aromatic N) is 3. The lowest BCUT2D eigenvalue weighted by atomic mass is 10.0. The third-order valence-electron chi connectivity index (χ3n) is 4.15. The minimum Gasteiger partial charge on any atom is -0.480 e. The van der Waals surface area contributed by atoms with Crippen LogP contribution in [0.3, 0.4) is 0 Å². The average Bonchev–Trinajstić information content (AvgIpc) is 2.91. The number of pyridine rings is 1. The van der Waals surface area contributed by atoms with Crippen LogP contribution in [0.1, 0.15) is 61.8 Å². The number of rotatable bonds is 6. The lowest BCUT2D eigenvalue weighted by Gasteiger charge is -2.27. The zero-order chi connectivity index (χ0) is 18.0. The molecule has 2 aromatic rings. The van der Waals surface area contributed by atoms with Crippen LogP contribution in [0, 0.1) is 6.92 Å². The van der Waals surface area contributed by atoms with Gasteiger partial charge in [0.15, 0.2) is 0 Å². The molecule has 24 heavy (non-hydrogen) atoms. The van der Waals surface area contributed by atoms with Gasteiger partial charge in [0.05, 0.1) is 16.6 Å². The highest BCUT2D eigenvalue weighted by Crippen LogP contribution is 2.26. The van der Waals surface area contributed by atoms with Gasteiger partial charge in [-0.15, -0.1) is 0 Å². The first-order valence-corrected chi connectivity index (χ1v) is 8.05. The molecule has 2 heterocycles. The number of amides is 1. The summed E-state index contributed by atoms with van der Waals surface area (Å²) in [7, 11) is 0. The van der Waals surface area contributed by atoms with Crippen LogP contribution in [0.15, 0.2) is 10.6 Å². The van der Waals surface area contributed by atoms with Crippen molar-refractivity contribution in [1.29, 1.82) is 0 Å². The van der Waals surface area contributed by atoms with Crippen molar-refractivity contribution in [3.8, 4) is 0 Å². The molecular weight excluding hydrogens is 310 g/mol. The zero-order valence-corrected chi connectivity index (χ0v) is 14.7. The van der Waals surface area contributed by atoms with Crippen LogP contribution in [-0.4, -0.2) is 44.6 Å². The van der Waals surface area contributed by atoms with Gasteiger partial charge in [-0.25, -0.2) is 4.98 Å². The van der Waals surface area contributed by atoms with Crippen LogP contribution in [0.25, 0.3) is 11.1 Å². The predicted octanol–water partition coefficient (Wildman–Crippen LogP) is 2.98. The van der Waals surface area contributed by atoms with Crippen molar-refractivity contribution in [1.82, 2.24) is 15.0 Å². The van der Waals surface area contributed by atoms with E-state index in [-0.39, 0.29) is 24.4 Å². The topological polar surface area (TPSA) is 96.5 Å². The van der Waals surface area contributed by atoms with Gasteiger partial charge in [0.1, 0.15) is 6.54 Å². The summed E-state index contributed by atoms with van der Waals surface area (Å²) in [6.45, 7) is 9.08. The van der Waals surface area contributed by atoms with Crippen molar-refractivity contribution in [3.63, 3.8) is 0 Å². The molecule has 1 unspecified atom stereocenters. The molecule has 0 aliphatic heterocycles. The molecule has 7 heteroatoms. The Morgan fingerprint density at radius 3 is 2.54 bits per heavy atom. The van der Waals surface area contributed by atoms with Gasteiger partial charge >= 0.3 is 5.97 Å². The molecule has 0 bridgehead atoms. The number of hydrogen-bond acceptors (Lipinski definition) is 5. The van der Waals surface area contributed by atoms with Crippen LogP contribution >= 0.6 is 0 Å². The third-order valence-corrected chi connectivity index (χ3v) is 4.15. The summed E-state index contributed by atoms with van der Waals surface area (Å²) in [5.41, 5.74) is 1.97. The lowest BCUT2D eigenvalue weighted by Crippen LogP contribution is -2.42. The van der Waals surface area contributed by atoms with E-state index in [1.165, 1.54) is 4.90 Å². The van der Waals surface area contributed by atoms with E-state index in [1.807, 2.05) is 27.7 Å². The summed E-state index contributed by atoms with van der Waals surface area (Å²) in [5, 5.41) is 13.6. The normalized spacial score (nSPS) is 12.6. The number of aryl methyl sites for hydroxylation is 1. The second kappa shape index (κ2) is 6.98. The predicted molar refractivity (Wildman–Crippen MR) is 89.1 cm³/mol. The van der Waals surface area contributed by atoms with Gasteiger partial charge in [-0.05, 0) is 32.3 Å². The van der Waals surface area contributed by atoms with E-state index in [0.29, 0.717) is 34.5 Å². The summed E-state index contributed by atoms with van der Waals surface area (Å²) in [5.74, 6) is -1.28. The maximum Gasteiger partial charge on any atom is 0.323 e. The summed E-state index contributed by atoms with van der Waals surface area (Å²) < 4.78 is 5.23. The molecule has 0 radical (unpaired) electrons. The highest BCUT2D eigenvalue weighted by atomic mass is 16.5. The molecule has 0 spiro atoms. The van der Waals surface area contributed by atoms with Crippen molar-refractivity contribution >= 4 is 23.0 Å².